The summed E-state index contributed by atoms with van der Waals surface area (Å²) in [5.74, 6) is 5.23. The molecule has 1 aromatic rings. The van der Waals surface area contributed by atoms with Crippen LogP contribution in [0, 0.1) is 10.1 Å². The first-order chi connectivity index (χ1) is 9.89. The van der Waals surface area contributed by atoms with Crippen LogP contribution in [-0.2, 0) is 10.0 Å². The minimum Gasteiger partial charge on any atom is -0.318 e. The molecule has 0 aromatic heterocycles. The number of nitro groups is 1. The van der Waals surface area contributed by atoms with E-state index < -0.39 is 20.6 Å². The minimum atomic E-state index is -3.94. The van der Waals surface area contributed by atoms with Gasteiger partial charge in [-0.25, -0.2) is 8.42 Å². The summed E-state index contributed by atoms with van der Waals surface area (Å²) in [6, 6.07) is 4.01. The van der Waals surface area contributed by atoms with Crippen molar-refractivity contribution >= 4 is 21.4 Å². The lowest BCUT2D eigenvalue weighted by molar-refractivity contribution is -0.386. The predicted octanol–water partition coefficient (Wildman–Crippen LogP) is 1.69. The number of hydrogen-bond acceptors (Lipinski definition) is 6. The number of nitro benzene ring substituents is 1. The summed E-state index contributed by atoms with van der Waals surface area (Å²) in [7, 11) is -3.94. The van der Waals surface area contributed by atoms with Crippen molar-refractivity contribution in [2.24, 2.45) is 5.84 Å². The molecule has 0 atom stereocenters. The number of nitrogen functional groups attached to an aromatic ring is 1. The Morgan fingerprint density at radius 1 is 1.29 bits per heavy atom. The Morgan fingerprint density at radius 2 is 1.86 bits per heavy atom. The third-order valence-corrected chi connectivity index (χ3v) is 4.83. The molecule has 0 aliphatic carbocycles. The number of hydrazine groups is 1. The minimum absolute atomic E-state index is 0.0333. The van der Waals surface area contributed by atoms with Gasteiger partial charge in [-0.05, 0) is 25.0 Å². The van der Waals surface area contributed by atoms with Crippen molar-refractivity contribution in [3.8, 4) is 0 Å². The van der Waals surface area contributed by atoms with Crippen LogP contribution < -0.4 is 11.3 Å². The highest BCUT2D eigenvalue weighted by atomic mass is 32.2. The van der Waals surface area contributed by atoms with E-state index in [0.29, 0.717) is 25.9 Å². The van der Waals surface area contributed by atoms with Gasteiger partial charge in [-0.2, -0.15) is 4.31 Å². The smallest absolute Gasteiger partial charge is 0.313 e. The summed E-state index contributed by atoms with van der Waals surface area (Å²) in [4.78, 5) is 10.1. The highest BCUT2D eigenvalue weighted by Gasteiger charge is 2.32. The maximum Gasteiger partial charge on any atom is 0.313 e. The Kier molecular flexibility index (Phi) is 6.06. The first-order valence-electron chi connectivity index (χ1n) is 6.64. The molecule has 0 amide bonds. The molecule has 0 fully saturated rings. The van der Waals surface area contributed by atoms with E-state index >= 15 is 0 Å². The lowest BCUT2D eigenvalue weighted by atomic mass is 10.3. The highest BCUT2D eigenvalue weighted by Crippen LogP contribution is 2.33. The zero-order chi connectivity index (χ0) is 16.0. The molecule has 9 heteroatoms. The number of benzene rings is 1. The molecule has 21 heavy (non-hydrogen) atoms. The number of nitrogens with one attached hydrogen (secondary N) is 1. The number of sulfonamides is 1. The number of rotatable bonds is 8. The van der Waals surface area contributed by atoms with E-state index in [2.05, 4.69) is 5.43 Å². The number of nitrogens with two attached hydrogens (primary N) is 1. The summed E-state index contributed by atoms with van der Waals surface area (Å²) in [6.45, 7) is 4.33. The van der Waals surface area contributed by atoms with Gasteiger partial charge in [0.25, 0.3) is 0 Å². The Hall–Kier alpha value is -1.71. The fourth-order valence-electron chi connectivity index (χ4n) is 2.03. The van der Waals surface area contributed by atoms with E-state index in [1.807, 2.05) is 13.8 Å². The van der Waals surface area contributed by atoms with Crippen molar-refractivity contribution in [2.45, 2.75) is 31.6 Å². The zero-order valence-corrected chi connectivity index (χ0v) is 12.9. The van der Waals surface area contributed by atoms with Crippen LogP contribution in [0.15, 0.2) is 23.1 Å². The van der Waals surface area contributed by atoms with Gasteiger partial charge in [-0.3, -0.25) is 16.0 Å². The van der Waals surface area contributed by atoms with Crippen LogP contribution in [0.2, 0.25) is 0 Å². The van der Waals surface area contributed by atoms with Gasteiger partial charge in [-0.15, -0.1) is 0 Å². The Balaban J connectivity index is 3.46. The molecule has 3 N–H and O–H groups in total. The topological polar surface area (TPSA) is 119 Å². The van der Waals surface area contributed by atoms with Gasteiger partial charge in [0.15, 0.2) is 4.90 Å². The van der Waals surface area contributed by atoms with Crippen molar-refractivity contribution in [1.82, 2.24) is 4.31 Å². The third kappa shape index (κ3) is 3.69. The summed E-state index contributed by atoms with van der Waals surface area (Å²) in [5, 5.41) is 11.2. The molecule has 118 valence electrons. The molecule has 0 saturated carbocycles. The van der Waals surface area contributed by atoms with Crippen molar-refractivity contribution in [2.75, 3.05) is 18.5 Å². The van der Waals surface area contributed by atoms with Crippen molar-refractivity contribution < 1.29 is 13.3 Å². The number of para-hydroxylation sites is 1. The second kappa shape index (κ2) is 7.34. The Bertz CT molecular complexity index is 597. The second-order valence-corrected chi connectivity index (χ2v) is 6.36. The summed E-state index contributed by atoms with van der Waals surface area (Å²) < 4.78 is 26.6. The van der Waals surface area contributed by atoms with Crippen molar-refractivity contribution in [3.63, 3.8) is 0 Å². The Morgan fingerprint density at radius 3 is 2.29 bits per heavy atom. The van der Waals surface area contributed by atoms with Gasteiger partial charge in [0.05, 0.1) is 4.92 Å². The standard InChI is InChI=1S/C12H20N4O4S/c1-3-8-15(9-4-2)21(19,20)11-7-5-6-10(14-13)12(11)16(17)18/h5-7,14H,3-4,8-9,13H2,1-2H3. The monoisotopic (exact) mass is 316 g/mol. The largest absolute Gasteiger partial charge is 0.318 e. The number of anilines is 1. The summed E-state index contributed by atoms with van der Waals surface area (Å²) in [5.41, 5.74) is 1.60. The average molecular weight is 316 g/mol. The molecule has 1 rings (SSSR count). The molecular formula is C12H20N4O4S. The van der Waals surface area contributed by atoms with E-state index in [4.69, 9.17) is 5.84 Å². The second-order valence-electron chi connectivity index (χ2n) is 4.46. The van der Waals surface area contributed by atoms with Gasteiger partial charge in [0, 0.05) is 13.1 Å². The first kappa shape index (κ1) is 17.3. The van der Waals surface area contributed by atoms with Gasteiger partial charge in [0.1, 0.15) is 5.69 Å². The van der Waals surface area contributed by atoms with Crippen LogP contribution >= 0.6 is 0 Å². The summed E-state index contributed by atoms with van der Waals surface area (Å²) >= 11 is 0. The van der Waals surface area contributed by atoms with E-state index in [1.165, 1.54) is 22.5 Å². The van der Waals surface area contributed by atoms with Gasteiger partial charge >= 0.3 is 5.69 Å². The number of nitrogens with zero attached hydrogens (tertiary/aromatic N) is 2. The summed E-state index contributed by atoms with van der Waals surface area (Å²) in [6.07, 6.45) is 1.25. The van der Waals surface area contributed by atoms with E-state index in [0.717, 1.165) is 0 Å². The predicted molar refractivity (Wildman–Crippen MR) is 80.2 cm³/mol. The van der Waals surface area contributed by atoms with Gasteiger partial charge in [0.2, 0.25) is 10.0 Å². The van der Waals surface area contributed by atoms with Crippen LogP contribution in [-0.4, -0.2) is 30.7 Å². The number of hydrogen-bond donors (Lipinski definition) is 2. The molecule has 0 heterocycles. The van der Waals surface area contributed by atoms with Crippen LogP contribution in [0.5, 0.6) is 0 Å². The Labute approximate surface area is 124 Å². The lowest BCUT2D eigenvalue weighted by Gasteiger charge is -2.21. The normalized spacial score (nSPS) is 11.6. The van der Waals surface area contributed by atoms with Crippen molar-refractivity contribution in [1.29, 1.82) is 0 Å². The maximum atomic E-state index is 12.7. The van der Waals surface area contributed by atoms with E-state index in [1.54, 1.807) is 0 Å². The molecule has 8 nitrogen and oxygen atoms in total. The van der Waals surface area contributed by atoms with Gasteiger partial charge < -0.3 is 5.43 Å². The molecule has 0 radical (unpaired) electrons. The first-order valence-corrected chi connectivity index (χ1v) is 8.08. The molecule has 1 aromatic carbocycles. The molecular weight excluding hydrogens is 296 g/mol. The zero-order valence-electron chi connectivity index (χ0n) is 12.1. The van der Waals surface area contributed by atoms with Crippen molar-refractivity contribution in [3.05, 3.63) is 28.3 Å². The molecule has 0 bridgehead atoms. The fourth-order valence-corrected chi connectivity index (χ4v) is 3.83. The molecule has 0 unspecified atom stereocenters. The van der Waals surface area contributed by atoms with Crippen LogP contribution in [0.4, 0.5) is 11.4 Å². The third-order valence-electron chi connectivity index (χ3n) is 2.90. The molecule has 0 aliphatic heterocycles. The SMILES string of the molecule is CCCN(CCC)S(=O)(=O)c1cccc(NN)c1[N+](=O)[O-]. The van der Waals surface area contributed by atoms with Crippen LogP contribution in [0.25, 0.3) is 0 Å². The van der Waals surface area contributed by atoms with Gasteiger partial charge in [-0.1, -0.05) is 19.9 Å². The van der Waals surface area contributed by atoms with E-state index in [-0.39, 0.29) is 10.6 Å². The maximum absolute atomic E-state index is 12.7. The highest BCUT2D eigenvalue weighted by molar-refractivity contribution is 7.89. The average Bonchev–Trinajstić information content (AvgIpc) is 2.45. The van der Waals surface area contributed by atoms with Crippen LogP contribution in [0.1, 0.15) is 26.7 Å². The van der Waals surface area contributed by atoms with E-state index in [9.17, 15) is 18.5 Å². The molecule has 0 spiro atoms. The molecule has 0 aliphatic rings. The molecule has 0 saturated heterocycles. The lowest BCUT2D eigenvalue weighted by Crippen LogP contribution is -2.33. The fraction of sp³-hybridized carbons (Fsp3) is 0.500. The van der Waals surface area contributed by atoms with Crippen LogP contribution in [0.3, 0.4) is 0 Å². The quantitative estimate of drug-likeness (QED) is 0.428.